The Morgan fingerprint density at radius 2 is 1.52 bits per heavy atom. The molecule has 5 heteroatoms. The number of hydrogen-bond acceptors (Lipinski definition) is 2. The topological polar surface area (TPSA) is 77.8 Å². The summed E-state index contributed by atoms with van der Waals surface area (Å²) < 4.78 is 0. The highest BCUT2D eigenvalue weighted by molar-refractivity contribution is 5.85. The number of halogens is 1. The minimum atomic E-state index is -0.602. The van der Waals surface area contributed by atoms with E-state index in [1.54, 1.807) is 11.9 Å². The second-order valence-electron chi connectivity index (χ2n) is 4.57. The fourth-order valence-corrected chi connectivity index (χ4v) is 1.98. The SMILES string of the molecule is CN(Cc1ccccc1)C(=O)C(N)c1ccccc1.Cl.O. The molecule has 21 heavy (non-hydrogen) atoms. The summed E-state index contributed by atoms with van der Waals surface area (Å²) in [6.45, 7) is 0.570. The molecule has 0 aliphatic heterocycles. The zero-order valence-corrected chi connectivity index (χ0v) is 12.7. The maximum atomic E-state index is 12.2. The van der Waals surface area contributed by atoms with E-state index in [1.807, 2.05) is 60.7 Å². The third-order valence-corrected chi connectivity index (χ3v) is 3.06. The average molecular weight is 309 g/mol. The van der Waals surface area contributed by atoms with Gasteiger partial charge in [-0.2, -0.15) is 0 Å². The molecule has 1 amide bonds. The van der Waals surface area contributed by atoms with Crippen molar-refractivity contribution in [2.24, 2.45) is 5.73 Å². The quantitative estimate of drug-likeness (QED) is 0.937. The highest BCUT2D eigenvalue weighted by Gasteiger charge is 2.19. The molecule has 0 aromatic heterocycles. The van der Waals surface area contributed by atoms with Gasteiger partial charge in [-0.1, -0.05) is 60.7 Å². The van der Waals surface area contributed by atoms with Crippen molar-refractivity contribution in [3.63, 3.8) is 0 Å². The molecule has 0 aliphatic carbocycles. The molecule has 0 saturated carbocycles. The zero-order valence-electron chi connectivity index (χ0n) is 11.9. The number of nitrogens with two attached hydrogens (primary N) is 1. The van der Waals surface area contributed by atoms with Crippen LogP contribution in [0.25, 0.3) is 0 Å². The van der Waals surface area contributed by atoms with Crippen molar-refractivity contribution in [3.8, 4) is 0 Å². The largest absolute Gasteiger partial charge is 0.412 e. The first-order chi connectivity index (χ1) is 9.18. The molecule has 1 unspecified atom stereocenters. The number of carbonyl (C=O) groups is 1. The van der Waals surface area contributed by atoms with E-state index in [9.17, 15) is 4.79 Å². The minimum absolute atomic E-state index is 0. The molecule has 2 rings (SSSR count). The Morgan fingerprint density at radius 3 is 2.05 bits per heavy atom. The van der Waals surface area contributed by atoms with Gasteiger partial charge < -0.3 is 16.1 Å². The van der Waals surface area contributed by atoms with Crippen LogP contribution in [-0.2, 0) is 11.3 Å². The number of hydrogen-bond donors (Lipinski definition) is 1. The molecular formula is C16H21ClN2O2. The van der Waals surface area contributed by atoms with Crippen LogP contribution in [0.1, 0.15) is 17.2 Å². The molecule has 114 valence electrons. The average Bonchev–Trinajstić information content (AvgIpc) is 2.47. The van der Waals surface area contributed by atoms with Crippen molar-refractivity contribution in [2.45, 2.75) is 12.6 Å². The van der Waals surface area contributed by atoms with E-state index in [0.717, 1.165) is 11.1 Å². The molecule has 2 aromatic carbocycles. The van der Waals surface area contributed by atoms with Gasteiger partial charge in [0.15, 0.2) is 0 Å². The standard InChI is InChI=1S/C16H18N2O.ClH.H2O/c1-18(12-13-8-4-2-5-9-13)16(19)15(17)14-10-6-3-7-11-14;;/h2-11,15H,12,17H2,1H3;1H;1H2. The Hall–Kier alpha value is -1.88. The normalized spacial score (nSPS) is 10.8. The lowest BCUT2D eigenvalue weighted by atomic mass is 10.1. The Balaban J connectivity index is 0.00000200. The predicted octanol–water partition coefficient (Wildman–Crippen LogP) is 1.94. The second kappa shape index (κ2) is 9.13. The van der Waals surface area contributed by atoms with E-state index in [-0.39, 0.29) is 23.8 Å². The van der Waals surface area contributed by atoms with Gasteiger partial charge in [0.1, 0.15) is 6.04 Å². The molecule has 0 radical (unpaired) electrons. The monoisotopic (exact) mass is 308 g/mol. The second-order valence-corrected chi connectivity index (χ2v) is 4.57. The lowest BCUT2D eigenvalue weighted by Gasteiger charge is -2.21. The Bertz CT molecular complexity index is 534. The fraction of sp³-hybridized carbons (Fsp3) is 0.188. The van der Waals surface area contributed by atoms with E-state index in [1.165, 1.54) is 0 Å². The van der Waals surface area contributed by atoms with Crippen molar-refractivity contribution in [2.75, 3.05) is 7.05 Å². The molecule has 0 fully saturated rings. The Kier molecular flexibility index (Phi) is 8.31. The van der Waals surface area contributed by atoms with Crippen LogP contribution in [0.3, 0.4) is 0 Å². The van der Waals surface area contributed by atoms with E-state index in [2.05, 4.69) is 0 Å². The molecule has 0 saturated heterocycles. The maximum Gasteiger partial charge on any atom is 0.244 e. The first kappa shape index (κ1) is 19.1. The van der Waals surface area contributed by atoms with Crippen LogP contribution in [0.15, 0.2) is 60.7 Å². The summed E-state index contributed by atoms with van der Waals surface area (Å²) in [4.78, 5) is 13.9. The molecule has 1 atom stereocenters. The van der Waals surface area contributed by atoms with E-state index < -0.39 is 6.04 Å². The third-order valence-electron chi connectivity index (χ3n) is 3.06. The maximum absolute atomic E-state index is 12.2. The number of benzene rings is 2. The highest BCUT2D eigenvalue weighted by Crippen LogP contribution is 2.13. The summed E-state index contributed by atoms with van der Waals surface area (Å²) in [6, 6.07) is 18.7. The molecule has 0 aliphatic rings. The van der Waals surface area contributed by atoms with Crippen LogP contribution in [0.5, 0.6) is 0 Å². The zero-order chi connectivity index (χ0) is 13.7. The van der Waals surface area contributed by atoms with Gasteiger partial charge in [-0.15, -0.1) is 12.4 Å². The van der Waals surface area contributed by atoms with Gasteiger partial charge in [0.05, 0.1) is 0 Å². The van der Waals surface area contributed by atoms with Gasteiger partial charge in [0.2, 0.25) is 5.91 Å². The molecule has 0 spiro atoms. The smallest absolute Gasteiger partial charge is 0.244 e. The van der Waals surface area contributed by atoms with Crippen molar-refractivity contribution in [1.29, 1.82) is 0 Å². The molecular weight excluding hydrogens is 288 g/mol. The lowest BCUT2D eigenvalue weighted by molar-refractivity contribution is -0.131. The van der Waals surface area contributed by atoms with Gasteiger partial charge >= 0.3 is 0 Å². The molecule has 4 N–H and O–H groups in total. The van der Waals surface area contributed by atoms with E-state index >= 15 is 0 Å². The molecule has 2 aromatic rings. The number of nitrogens with zero attached hydrogens (tertiary/aromatic N) is 1. The fourth-order valence-electron chi connectivity index (χ4n) is 1.98. The number of likely N-dealkylation sites (N-methyl/N-ethyl adjacent to an activating group) is 1. The Morgan fingerprint density at radius 1 is 1.05 bits per heavy atom. The van der Waals surface area contributed by atoms with Gasteiger partial charge in [0.25, 0.3) is 0 Å². The first-order valence-electron chi connectivity index (χ1n) is 6.28. The van der Waals surface area contributed by atoms with Crippen LogP contribution in [0.2, 0.25) is 0 Å². The molecule has 0 bridgehead atoms. The van der Waals surface area contributed by atoms with Crippen molar-refractivity contribution < 1.29 is 10.3 Å². The van der Waals surface area contributed by atoms with Gasteiger partial charge in [-0.3, -0.25) is 4.79 Å². The van der Waals surface area contributed by atoms with Crippen molar-refractivity contribution >= 4 is 18.3 Å². The van der Waals surface area contributed by atoms with Crippen LogP contribution in [0.4, 0.5) is 0 Å². The minimum Gasteiger partial charge on any atom is -0.412 e. The van der Waals surface area contributed by atoms with Crippen LogP contribution in [-0.4, -0.2) is 23.3 Å². The van der Waals surface area contributed by atoms with Crippen molar-refractivity contribution in [3.05, 3.63) is 71.8 Å². The van der Waals surface area contributed by atoms with Crippen LogP contribution in [0, 0.1) is 0 Å². The molecule has 0 heterocycles. The number of rotatable bonds is 4. The summed E-state index contributed by atoms with van der Waals surface area (Å²) in [5, 5.41) is 0. The Labute approximate surface area is 131 Å². The number of carbonyl (C=O) groups excluding carboxylic acids is 1. The summed E-state index contributed by atoms with van der Waals surface area (Å²) in [7, 11) is 1.78. The van der Waals surface area contributed by atoms with Gasteiger partial charge in [0, 0.05) is 13.6 Å². The third kappa shape index (κ3) is 5.19. The first-order valence-corrected chi connectivity index (χ1v) is 6.28. The van der Waals surface area contributed by atoms with Gasteiger partial charge in [-0.25, -0.2) is 0 Å². The summed E-state index contributed by atoms with van der Waals surface area (Å²) in [5.41, 5.74) is 7.94. The van der Waals surface area contributed by atoms with E-state index in [0.29, 0.717) is 6.54 Å². The summed E-state index contributed by atoms with van der Waals surface area (Å²) in [6.07, 6.45) is 0. The summed E-state index contributed by atoms with van der Waals surface area (Å²) >= 11 is 0. The molecule has 4 nitrogen and oxygen atoms in total. The van der Waals surface area contributed by atoms with Crippen molar-refractivity contribution in [1.82, 2.24) is 4.90 Å². The number of amides is 1. The van der Waals surface area contributed by atoms with Crippen LogP contribution < -0.4 is 5.73 Å². The summed E-state index contributed by atoms with van der Waals surface area (Å²) in [5.74, 6) is -0.0740. The lowest BCUT2D eigenvalue weighted by Crippen LogP contribution is -2.35. The van der Waals surface area contributed by atoms with Crippen LogP contribution >= 0.6 is 12.4 Å². The highest BCUT2D eigenvalue weighted by atomic mass is 35.5. The van der Waals surface area contributed by atoms with Gasteiger partial charge in [-0.05, 0) is 11.1 Å². The predicted molar refractivity (Wildman–Crippen MR) is 87.1 cm³/mol. The van der Waals surface area contributed by atoms with E-state index in [4.69, 9.17) is 5.73 Å².